The van der Waals surface area contributed by atoms with Gasteiger partial charge in [-0.05, 0) is 18.1 Å². The van der Waals surface area contributed by atoms with E-state index in [1.807, 2.05) is 0 Å². The summed E-state index contributed by atoms with van der Waals surface area (Å²) in [6, 6.07) is 1.34. The summed E-state index contributed by atoms with van der Waals surface area (Å²) in [4.78, 5) is 12.1. The molecule has 7 heteroatoms. The Bertz CT molecular complexity index is 626. The Balaban J connectivity index is 2.67. The van der Waals surface area contributed by atoms with Gasteiger partial charge in [0.05, 0.1) is 12.9 Å². The number of methoxy groups -OCH3 is 1. The highest BCUT2D eigenvalue weighted by Gasteiger charge is 2.48. The van der Waals surface area contributed by atoms with Crippen molar-refractivity contribution in [3.63, 3.8) is 0 Å². The van der Waals surface area contributed by atoms with Gasteiger partial charge < -0.3 is 19.7 Å². The molecule has 0 aliphatic carbocycles. The predicted octanol–water partition coefficient (Wildman–Crippen LogP) is 1.05. The molecule has 1 aromatic carbocycles. The van der Waals surface area contributed by atoms with Crippen LogP contribution in [0.1, 0.15) is 34.3 Å². The number of hydrogen-bond donors (Lipinski definition) is 2. The van der Waals surface area contributed by atoms with Crippen molar-refractivity contribution in [1.82, 2.24) is 0 Å². The summed E-state index contributed by atoms with van der Waals surface area (Å²) in [7, 11) is 0.0967. The minimum absolute atomic E-state index is 0.0207. The molecule has 116 valence electrons. The first kappa shape index (κ1) is 15.8. The van der Waals surface area contributed by atoms with E-state index in [1.165, 1.54) is 19.4 Å². The number of phenolic OH excluding ortho intramolecular Hbond substituents is 1. The smallest absolute Gasteiger partial charge is 0.344 e. The lowest BCUT2D eigenvalue weighted by atomic mass is 9.83. The van der Waals surface area contributed by atoms with Gasteiger partial charge in [0.25, 0.3) is 0 Å². The van der Waals surface area contributed by atoms with Crippen LogP contribution in [0, 0.1) is 6.92 Å². The molecule has 1 heterocycles. The van der Waals surface area contributed by atoms with Crippen molar-refractivity contribution in [3.8, 4) is 11.5 Å². The lowest BCUT2D eigenvalue weighted by Crippen LogP contribution is -2.48. The van der Waals surface area contributed by atoms with Crippen molar-refractivity contribution in [3.05, 3.63) is 22.8 Å². The Morgan fingerprint density at radius 3 is 2.67 bits per heavy atom. The zero-order valence-electron chi connectivity index (χ0n) is 12.3. The minimum Gasteiger partial charge on any atom is -0.507 e. The Labute approximate surface area is 125 Å². The summed E-state index contributed by atoms with van der Waals surface area (Å²) in [5, 5.41) is 20.6. The number of esters is 1. The van der Waals surface area contributed by atoms with Crippen LogP contribution in [-0.4, -0.2) is 45.3 Å². The van der Waals surface area contributed by atoms with E-state index < -0.39 is 28.5 Å². The van der Waals surface area contributed by atoms with E-state index in [1.54, 1.807) is 13.8 Å². The van der Waals surface area contributed by atoms with Gasteiger partial charge in [-0.3, -0.25) is 4.21 Å². The van der Waals surface area contributed by atoms with E-state index in [0.717, 1.165) is 0 Å². The molecule has 2 N–H and O–H groups in total. The monoisotopic (exact) mass is 314 g/mol. The molecule has 1 aliphatic rings. The van der Waals surface area contributed by atoms with Gasteiger partial charge in [-0.1, -0.05) is 6.92 Å². The molecule has 0 bridgehead atoms. The topological polar surface area (TPSA) is 93.1 Å². The van der Waals surface area contributed by atoms with Gasteiger partial charge in [-0.25, -0.2) is 4.79 Å². The normalized spacial score (nSPS) is 26.0. The fraction of sp³-hybridized carbons (Fsp3) is 0.500. The lowest BCUT2D eigenvalue weighted by molar-refractivity contribution is -0.166. The van der Waals surface area contributed by atoms with Crippen molar-refractivity contribution in [2.45, 2.75) is 25.6 Å². The Morgan fingerprint density at radius 1 is 1.52 bits per heavy atom. The average molecular weight is 314 g/mol. The third-order valence-corrected chi connectivity index (χ3v) is 4.60. The number of fused-ring (bicyclic) bond motifs is 1. The molecule has 0 saturated carbocycles. The summed E-state index contributed by atoms with van der Waals surface area (Å²) in [5.74, 6) is -3.39. The predicted molar refractivity (Wildman–Crippen MR) is 77.1 cm³/mol. The first-order valence-corrected chi connectivity index (χ1v) is 8.10. The van der Waals surface area contributed by atoms with Gasteiger partial charge in [0.2, 0.25) is 5.79 Å². The van der Waals surface area contributed by atoms with Gasteiger partial charge in [-0.2, -0.15) is 0 Å². The molecule has 0 fully saturated rings. The molecular weight excluding hydrogens is 296 g/mol. The fourth-order valence-electron chi connectivity index (χ4n) is 2.70. The SMILES string of the molecule is COc1cc(O)c2c(c1C)[C@H](C)C(O)(CS(C)=O)OC2=O. The van der Waals surface area contributed by atoms with Crippen molar-refractivity contribution < 1.29 is 28.7 Å². The van der Waals surface area contributed by atoms with Crippen molar-refractivity contribution >= 4 is 16.8 Å². The van der Waals surface area contributed by atoms with Gasteiger partial charge in [0.1, 0.15) is 17.1 Å². The average Bonchev–Trinajstić information content (AvgIpc) is 2.37. The van der Waals surface area contributed by atoms with Crippen LogP contribution in [-0.2, 0) is 15.5 Å². The van der Waals surface area contributed by atoms with Crippen LogP contribution in [0.5, 0.6) is 11.5 Å². The fourth-order valence-corrected chi connectivity index (χ4v) is 3.59. The third kappa shape index (κ3) is 2.51. The van der Waals surface area contributed by atoms with Crippen LogP contribution >= 0.6 is 0 Å². The van der Waals surface area contributed by atoms with Gasteiger partial charge in [-0.15, -0.1) is 0 Å². The summed E-state index contributed by atoms with van der Waals surface area (Å²) >= 11 is 0. The van der Waals surface area contributed by atoms with E-state index in [9.17, 15) is 19.2 Å². The molecule has 2 unspecified atom stereocenters. The second-order valence-electron chi connectivity index (χ2n) is 5.19. The van der Waals surface area contributed by atoms with Crippen LogP contribution < -0.4 is 4.74 Å². The maximum Gasteiger partial charge on any atom is 0.344 e. The maximum atomic E-state index is 12.1. The van der Waals surface area contributed by atoms with Crippen LogP contribution in [0.25, 0.3) is 0 Å². The lowest BCUT2D eigenvalue weighted by Gasteiger charge is -2.38. The zero-order valence-corrected chi connectivity index (χ0v) is 13.1. The summed E-state index contributed by atoms with van der Waals surface area (Å²) in [6.45, 7) is 3.39. The van der Waals surface area contributed by atoms with E-state index >= 15 is 0 Å². The van der Waals surface area contributed by atoms with Crippen LogP contribution in [0.4, 0.5) is 0 Å². The van der Waals surface area contributed by atoms with Crippen molar-refractivity contribution in [2.75, 3.05) is 19.1 Å². The van der Waals surface area contributed by atoms with Gasteiger partial charge in [0.15, 0.2) is 0 Å². The molecule has 6 nitrogen and oxygen atoms in total. The highest BCUT2D eigenvalue weighted by Crippen LogP contribution is 2.45. The second kappa shape index (κ2) is 5.31. The van der Waals surface area contributed by atoms with E-state index in [2.05, 4.69) is 0 Å². The number of hydrogen-bond acceptors (Lipinski definition) is 6. The van der Waals surface area contributed by atoms with E-state index in [0.29, 0.717) is 16.9 Å². The number of aromatic hydroxyl groups is 1. The number of carbonyl (C=O) groups excluding carboxylic acids is 1. The Hall–Kier alpha value is -1.60. The molecular formula is C14H18O6S. The van der Waals surface area contributed by atoms with Crippen molar-refractivity contribution in [1.29, 1.82) is 0 Å². The minimum atomic E-state index is -1.87. The summed E-state index contributed by atoms with van der Waals surface area (Å²) in [6.07, 6.45) is 1.42. The first-order valence-electron chi connectivity index (χ1n) is 6.37. The molecule has 0 radical (unpaired) electrons. The number of phenols is 1. The van der Waals surface area contributed by atoms with Crippen LogP contribution in [0.2, 0.25) is 0 Å². The quantitative estimate of drug-likeness (QED) is 0.810. The summed E-state index contributed by atoms with van der Waals surface area (Å²) in [5.41, 5.74) is 1.11. The Morgan fingerprint density at radius 2 is 2.14 bits per heavy atom. The van der Waals surface area contributed by atoms with Gasteiger partial charge in [0, 0.05) is 29.0 Å². The molecule has 2 rings (SSSR count). The van der Waals surface area contributed by atoms with Gasteiger partial charge >= 0.3 is 5.97 Å². The molecule has 3 atom stereocenters. The van der Waals surface area contributed by atoms with E-state index in [4.69, 9.17) is 9.47 Å². The Kier molecular flexibility index (Phi) is 3.99. The molecule has 0 spiro atoms. The number of cyclic esters (lactones) is 1. The summed E-state index contributed by atoms with van der Waals surface area (Å²) < 4.78 is 21.7. The number of carbonyl (C=O) groups is 1. The van der Waals surface area contributed by atoms with Crippen molar-refractivity contribution in [2.24, 2.45) is 0 Å². The molecule has 1 aliphatic heterocycles. The largest absolute Gasteiger partial charge is 0.507 e. The molecule has 0 amide bonds. The molecule has 0 aromatic heterocycles. The third-order valence-electron chi connectivity index (χ3n) is 3.78. The molecule has 1 aromatic rings. The van der Waals surface area contributed by atoms with E-state index in [-0.39, 0.29) is 17.1 Å². The molecule has 21 heavy (non-hydrogen) atoms. The number of ether oxygens (including phenoxy) is 2. The standard InChI is InChI=1S/C14H18O6S/c1-7-10(19-3)5-9(15)12-11(7)8(2)14(17,6-21(4)18)20-13(12)16/h5,8,15,17H,6H2,1-4H3/t8-,14?,21?/m0/s1. The maximum absolute atomic E-state index is 12.1. The molecule has 0 saturated heterocycles. The number of benzene rings is 1. The first-order chi connectivity index (χ1) is 9.71. The zero-order chi connectivity index (χ0) is 15.9. The second-order valence-corrected chi connectivity index (χ2v) is 6.62. The number of aliphatic hydroxyl groups is 1. The van der Waals surface area contributed by atoms with Crippen LogP contribution in [0.15, 0.2) is 6.07 Å². The highest BCUT2D eigenvalue weighted by atomic mass is 32.2. The number of rotatable bonds is 3. The van der Waals surface area contributed by atoms with Crippen LogP contribution in [0.3, 0.4) is 0 Å². The highest BCUT2D eigenvalue weighted by molar-refractivity contribution is 7.84.